The van der Waals surface area contributed by atoms with Gasteiger partial charge in [-0.2, -0.15) is 0 Å². The van der Waals surface area contributed by atoms with Crippen molar-refractivity contribution in [2.75, 3.05) is 0 Å². The number of primary amides is 1. The normalized spacial score (nSPS) is 15.6. The van der Waals surface area contributed by atoms with E-state index < -0.39 is 30.0 Å². The van der Waals surface area contributed by atoms with Crippen molar-refractivity contribution in [1.29, 1.82) is 0 Å². The van der Waals surface area contributed by atoms with Crippen LogP contribution >= 0.6 is 15.9 Å². The Morgan fingerprint density at radius 2 is 1.60 bits per heavy atom. The third-order valence-electron chi connectivity index (χ3n) is 6.00. The predicted octanol–water partition coefficient (Wildman–Crippen LogP) is 3.73. The monoisotopic (exact) mass is 535 g/mol. The first-order valence-electron chi connectivity index (χ1n) is 11.3. The number of hydrogen-bond acceptors (Lipinski definition) is 4. The van der Waals surface area contributed by atoms with Gasteiger partial charge >= 0.3 is 6.09 Å². The smallest absolute Gasteiger partial charge is 0.411 e. The number of halogens is 1. The average molecular weight is 536 g/mol. The van der Waals surface area contributed by atoms with E-state index in [1.807, 2.05) is 78.9 Å². The van der Waals surface area contributed by atoms with Gasteiger partial charge in [0.15, 0.2) is 0 Å². The summed E-state index contributed by atoms with van der Waals surface area (Å²) in [5.74, 6) is -1.09. The van der Waals surface area contributed by atoms with Gasteiger partial charge in [0.1, 0.15) is 18.7 Å². The lowest BCUT2D eigenvalue weighted by molar-refractivity contribution is -0.131. The summed E-state index contributed by atoms with van der Waals surface area (Å²) in [5, 5.41) is 2.76. The van der Waals surface area contributed by atoms with Crippen LogP contribution in [0.4, 0.5) is 4.79 Å². The standard InChI is InChI=1S/C27H26BrN3O4/c28-22-12-10-18(11-13-22)14-23(25(29)32)30-26(33)24-15-20-8-4-5-9-21(20)16-31(24)27(34)35-17-19-6-2-1-3-7-19/h1-13,23-24H,14-17H2,(H2,29,32)(H,30,33)/t23-,24-/m0/s1. The first-order chi connectivity index (χ1) is 16.9. The lowest BCUT2D eigenvalue weighted by Crippen LogP contribution is -2.56. The maximum absolute atomic E-state index is 13.4. The Hall–Kier alpha value is -3.65. The SMILES string of the molecule is NC(=O)[C@H](Cc1ccc(Br)cc1)NC(=O)[C@@H]1Cc2ccccc2CN1C(=O)OCc1ccccc1. The Labute approximate surface area is 212 Å². The maximum atomic E-state index is 13.4. The van der Waals surface area contributed by atoms with Gasteiger partial charge in [0.05, 0.1) is 6.54 Å². The lowest BCUT2D eigenvalue weighted by atomic mass is 9.93. The molecule has 3 amide bonds. The molecule has 2 atom stereocenters. The van der Waals surface area contributed by atoms with Gasteiger partial charge in [-0.15, -0.1) is 0 Å². The van der Waals surface area contributed by atoms with Crippen molar-refractivity contribution in [2.24, 2.45) is 5.73 Å². The van der Waals surface area contributed by atoms with Crippen LogP contribution in [0.25, 0.3) is 0 Å². The molecule has 1 aliphatic heterocycles. The van der Waals surface area contributed by atoms with E-state index in [0.29, 0.717) is 6.42 Å². The topological polar surface area (TPSA) is 102 Å². The van der Waals surface area contributed by atoms with Crippen LogP contribution in [0, 0.1) is 0 Å². The molecular formula is C27H26BrN3O4. The molecule has 35 heavy (non-hydrogen) atoms. The van der Waals surface area contributed by atoms with Crippen molar-refractivity contribution in [3.05, 3.63) is 106 Å². The largest absolute Gasteiger partial charge is 0.445 e. The molecule has 0 saturated carbocycles. The molecule has 180 valence electrons. The van der Waals surface area contributed by atoms with Gasteiger partial charge in [-0.1, -0.05) is 82.7 Å². The van der Waals surface area contributed by atoms with Gasteiger partial charge < -0.3 is 15.8 Å². The molecule has 0 unspecified atom stereocenters. The summed E-state index contributed by atoms with van der Waals surface area (Å²) >= 11 is 3.38. The van der Waals surface area contributed by atoms with Gasteiger partial charge in [-0.05, 0) is 34.4 Å². The molecule has 4 rings (SSSR count). The third-order valence-corrected chi connectivity index (χ3v) is 6.53. The molecule has 8 heteroatoms. The lowest BCUT2D eigenvalue weighted by Gasteiger charge is -2.35. The van der Waals surface area contributed by atoms with Crippen molar-refractivity contribution in [2.45, 2.75) is 38.1 Å². The zero-order valence-electron chi connectivity index (χ0n) is 19.0. The van der Waals surface area contributed by atoms with Crippen LogP contribution in [0.15, 0.2) is 83.3 Å². The van der Waals surface area contributed by atoms with E-state index in [2.05, 4.69) is 21.2 Å². The fourth-order valence-electron chi connectivity index (χ4n) is 4.10. The Bertz CT molecular complexity index is 1200. The number of ether oxygens (including phenoxy) is 1. The van der Waals surface area contributed by atoms with Crippen molar-refractivity contribution in [3.63, 3.8) is 0 Å². The summed E-state index contributed by atoms with van der Waals surface area (Å²) in [6, 6.07) is 22.7. The number of amides is 3. The zero-order valence-corrected chi connectivity index (χ0v) is 20.6. The van der Waals surface area contributed by atoms with E-state index in [9.17, 15) is 14.4 Å². The van der Waals surface area contributed by atoms with Crippen LogP contribution in [0.3, 0.4) is 0 Å². The molecular weight excluding hydrogens is 510 g/mol. The second kappa shape index (κ2) is 11.2. The Kier molecular flexibility index (Phi) is 7.82. The molecule has 0 aliphatic carbocycles. The number of nitrogens with one attached hydrogen (secondary N) is 1. The van der Waals surface area contributed by atoms with Gasteiger partial charge in [0.2, 0.25) is 11.8 Å². The predicted molar refractivity (Wildman–Crippen MR) is 135 cm³/mol. The highest BCUT2D eigenvalue weighted by molar-refractivity contribution is 9.10. The Balaban J connectivity index is 1.51. The molecule has 0 radical (unpaired) electrons. The molecule has 0 fully saturated rings. The molecule has 7 nitrogen and oxygen atoms in total. The minimum Gasteiger partial charge on any atom is -0.445 e. The highest BCUT2D eigenvalue weighted by atomic mass is 79.9. The number of rotatable bonds is 7. The first-order valence-corrected chi connectivity index (χ1v) is 12.1. The molecule has 1 heterocycles. The summed E-state index contributed by atoms with van der Waals surface area (Å²) in [4.78, 5) is 40.0. The summed E-state index contributed by atoms with van der Waals surface area (Å²) in [6.45, 7) is 0.329. The van der Waals surface area contributed by atoms with Crippen molar-refractivity contribution < 1.29 is 19.1 Å². The molecule has 1 aliphatic rings. The van der Waals surface area contributed by atoms with E-state index in [1.54, 1.807) is 0 Å². The van der Waals surface area contributed by atoms with Gasteiger partial charge in [0, 0.05) is 17.3 Å². The van der Waals surface area contributed by atoms with Crippen LogP contribution in [0.1, 0.15) is 22.3 Å². The summed E-state index contributed by atoms with van der Waals surface area (Å²) in [5.41, 5.74) is 9.24. The molecule has 3 aromatic carbocycles. The van der Waals surface area contributed by atoms with E-state index >= 15 is 0 Å². The second-order valence-electron chi connectivity index (χ2n) is 8.45. The van der Waals surface area contributed by atoms with E-state index in [4.69, 9.17) is 10.5 Å². The minimum atomic E-state index is -0.914. The summed E-state index contributed by atoms with van der Waals surface area (Å²) < 4.78 is 6.44. The molecule has 0 spiro atoms. The highest BCUT2D eigenvalue weighted by Gasteiger charge is 2.37. The number of carbonyl (C=O) groups excluding carboxylic acids is 3. The molecule has 0 bridgehead atoms. The molecule has 3 aromatic rings. The number of fused-ring (bicyclic) bond motifs is 1. The average Bonchev–Trinajstić information content (AvgIpc) is 2.87. The zero-order chi connectivity index (χ0) is 24.8. The highest BCUT2D eigenvalue weighted by Crippen LogP contribution is 2.25. The van der Waals surface area contributed by atoms with E-state index in [-0.39, 0.29) is 19.6 Å². The number of nitrogens with zero attached hydrogens (tertiary/aromatic N) is 1. The van der Waals surface area contributed by atoms with Crippen molar-refractivity contribution >= 4 is 33.8 Å². The van der Waals surface area contributed by atoms with Crippen LogP contribution < -0.4 is 11.1 Å². The second-order valence-corrected chi connectivity index (χ2v) is 9.37. The van der Waals surface area contributed by atoms with Crippen molar-refractivity contribution in [1.82, 2.24) is 10.2 Å². The van der Waals surface area contributed by atoms with Crippen LogP contribution in [0.2, 0.25) is 0 Å². The van der Waals surface area contributed by atoms with E-state index in [0.717, 1.165) is 26.7 Å². The van der Waals surface area contributed by atoms with Crippen LogP contribution in [-0.4, -0.2) is 34.9 Å². The van der Waals surface area contributed by atoms with Crippen LogP contribution in [0.5, 0.6) is 0 Å². The van der Waals surface area contributed by atoms with Crippen LogP contribution in [-0.2, 0) is 40.3 Å². The Morgan fingerprint density at radius 3 is 2.29 bits per heavy atom. The van der Waals surface area contributed by atoms with Gasteiger partial charge in [-0.25, -0.2) is 4.79 Å². The fraction of sp³-hybridized carbons (Fsp3) is 0.222. The van der Waals surface area contributed by atoms with E-state index in [1.165, 1.54) is 4.90 Å². The minimum absolute atomic E-state index is 0.0969. The third kappa shape index (κ3) is 6.27. The first kappa shape index (κ1) is 24.5. The maximum Gasteiger partial charge on any atom is 0.411 e. The Morgan fingerprint density at radius 1 is 0.943 bits per heavy atom. The summed E-state index contributed by atoms with van der Waals surface area (Å²) in [7, 11) is 0. The molecule has 0 aromatic heterocycles. The number of carbonyl (C=O) groups is 3. The quantitative estimate of drug-likeness (QED) is 0.481. The van der Waals surface area contributed by atoms with Crippen molar-refractivity contribution in [3.8, 4) is 0 Å². The number of hydrogen-bond donors (Lipinski definition) is 2. The summed E-state index contributed by atoms with van der Waals surface area (Å²) in [6.07, 6.45) is -0.0328. The molecule has 3 N–H and O–H groups in total. The molecule has 0 saturated heterocycles. The van der Waals surface area contributed by atoms with Gasteiger partial charge in [0.25, 0.3) is 0 Å². The fourth-order valence-corrected chi connectivity index (χ4v) is 4.36. The van der Waals surface area contributed by atoms with Gasteiger partial charge in [-0.3, -0.25) is 14.5 Å². The number of nitrogens with two attached hydrogens (primary N) is 1. The number of benzene rings is 3.